The van der Waals surface area contributed by atoms with E-state index in [-0.39, 0.29) is 5.56 Å². The molecule has 2 aromatic rings. The Bertz CT molecular complexity index is 531. The summed E-state index contributed by atoms with van der Waals surface area (Å²) >= 11 is 1.46. The molecule has 5 nitrogen and oxygen atoms in total. The molecule has 0 aromatic carbocycles. The summed E-state index contributed by atoms with van der Waals surface area (Å²) < 4.78 is 0. The number of hydrogen-bond acceptors (Lipinski definition) is 5. The van der Waals surface area contributed by atoms with Crippen LogP contribution in [0.5, 0.6) is 0 Å². The van der Waals surface area contributed by atoms with E-state index in [1.54, 1.807) is 13.1 Å². The fourth-order valence-corrected chi connectivity index (χ4v) is 1.88. The summed E-state index contributed by atoms with van der Waals surface area (Å²) in [5.74, 6) is 0. The fraction of sp³-hybridized carbons (Fsp3) is 0.222. The van der Waals surface area contributed by atoms with Gasteiger partial charge in [0.25, 0.3) is 5.56 Å². The molecule has 0 atom stereocenters. The number of hydrogen-bond donors (Lipinski definition) is 2. The van der Waals surface area contributed by atoms with E-state index in [1.165, 1.54) is 11.3 Å². The second-order valence-corrected chi connectivity index (χ2v) is 3.90. The minimum atomic E-state index is -0.214. The Labute approximate surface area is 90.2 Å². The molecule has 0 aliphatic carbocycles. The lowest BCUT2D eigenvalue weighted by Gasteiger charge is -1.96. The molecular weight excluding hydrogens is 212 g/mol. The van der Waals surface area contributed by atoms with Gasteiger partial charge in [0.15, 0.2) is 5.13 Å². The number of rotatable bonds is 2. The van der Waals surface area contributed by atoms with Crippen LogP contribution in [0.3, 0.4) is 0 Å². The van der Waals surface area contributed by atoms with Crippen molar-refractivity contribution in [3.05, 3.63) is 27.5 Å². The maximum absolute atomic E-state index is 11.5. The molecule has 0 radical (unpaired) electrons. The Morgan fingerprint density at radius 3 is 3.00 bits per heavy atom. The second-order valence-electron chi connectivity index (χ2n) is 3.04. The molecule has 0 aliphatic rings. The highest BCUT2D eigenvalue weighted by atomic mass is 32.1. The topological polar surface area (TPSA) is 70.7 Å². The van der Waals surface area contributed by atoms with Crippen molar-refractivity contribution in [1.29, 1.82) is 0 Å². The summed E-state index contributed by atoms with van der Waals surface area (Å²) in [4.78, 5) is 15.8. The lowest BCUT2D eigenvalue weighted by atomic mass is 10.2. The number of thiazole rings is 1. The molecule has 2 rings (SSSR count). The fourth-order valence-electron chi connectivity index (χ4n) is 1.21. The van der Waals surface area contributed by atoms with Crippen LogP contribution >= 0.6 is 11.3 Å². The summed E-state index contributed by atoms with van der Waals surface area (Å²) in [7, 11) is 1.80. The first-order chi connectivity index (χ1) is 7.20. The van der Waals surface area contributed by atoms with E-state index < -0.39 is 0 Å². The van der Waals surface area contributed by atoms with Crippen LogP contribution in [0.15, 0.2) is 16.2 Å². The van der Waals surface area contributed by atoms with Crippen molar-refractivity contribution in [3.8, 4) is 11.3 Å². The van der Waals surface area contributed by atoms with Gasteiger partial charge in [0.2, 0.25) is 0 Å². The monoisotopic (exact) mass is 222 g/mol. The van der Waals surface area contributed by atoms with Gasteiger partial charge in [0.1, 0.15) is 0 Å². The van der Waals surface area contributed by atoms with Gasteiger partial charge in [-0.25, -0.2) is 10.1 Å². The number of aromatic nitrogens is 3. The maximum atomic E-state index is 11.5. The van der Waals surface area contributed by atoms with Crippen molar-refractivity contribution in [2.24, 2.45) is 0 Å². The third-order valence-electron chi connectivity index (χ3n) is 1.93. The first-order valence-electron chi connectivity index (χ1n) is 4.40. The number of H-pyrrole nitrogens is 1. The Kier molecular flexibility index (Phi) is 2.51. The third kappa shape index (κ3) is 1.89. The van der Waals surface area contributed by atoms with Crippen LogP contribution in [0, 0.1) is 6.92 Å². The van der Waals surface area contributed by atoms with Crippen molar-refractivity contribution in [2.45, 2.75) is 6.92 Å². The van der Waals surface area contributed by atoms with Crippen molar-refractivity contribution in [1.82, 2.24) is 15.2 Å². The summed E-state index contributed by atoms with van der Waals surface area (Å²) in [5, 5.41) is 11.8. The molecule has 0 spiro atoms. The number of aromatic amines is 1. The zero-order valence-electron chi connectivity index (χ0n) is 8.37. The van der Waals surface area contributed by atoms with Crippen molar-refractivity contribution in [2.75, 3.05) is 12.4 Å². The molecule has 15 heavy (non-hydrogen) atoms. The molecule has 0 saturated carbocycles. The SMILES string of the molecule is CNc1nc(-c2cc(C)n[nH]c2=O)cs1. The van der Waals surface area contributed by atoms with Gasteiger partial charge in [-0.3, -0.25) is 4.79 Å². The molecular formula is C9H10N4OS. The minimum Gasteiger partial charge on any atom is -0.365 e. The molecule has 78 valence electrons. The van der Waals surface area contributed by atoms with E-state index in [4.69, 9.17) is 0 Å². The molecule has 2 aromatic heterocycles. The first kappa shape index (κ1) is 9.85. The van der Waals surface area contributed by atoms with E-state index in [0.717, 1.165) is 10.8 Å². The molecule has 0 aliphatic heterocycles. The summed E-state index contributed by atoms with van der Waals surface area (Å²) in [6.07, 6.45) is 0. The first-order valence-corrected chi connectivity index (χ1v) is 5.28. The van der Waals surface area contributed by atoms with Crippen LogP contribution in [-0.2, 0) is 0 Å². The molecule has 6 heteroatoms. The van der Waals surface area contributed by atoms with Gasteiger partial charge in [0.05, 0.1) is 17.0 Å². The van der Waals surface area contributed by atoms with Crippen molar-refractivity contribution in [3.63, 3.8) is 0 Å². The van der Waals surface area contributed by atoms with Gasteiger partial charge in [-0.05, 0) is 13.0 Å². The smallest absolute Gasteiger partial charge is 0.273 e. The normalized spacial score (nSPS) is 10.3. The Hall–Kier alpha value is -1.69. The third-order valence-corrected chi connectivity index (χ3v) is 2.79. The summed E-state index contributed by atoms with van der Waals surface area (Å²) in [6, 6.07) is 1.73. The largest absolute Gasteiger partial charge is 0.365 e. The predicted molar refractivity (Wildman–Crippen MR) is 60.2 cm³/mol. The van der Waals surface area contributed by atoms with Crippen LogP contribution in [0.4, 0.5) is 5.13 Å². The molecule has 2 heterocycles. The van der Waals surface area contributed by atoms with E-state index in [2.05, 4.69) is 20.5 Å². The van der Waals surface area contributed by atoms with Crippen molar-refractivity contribution < 1.29 is 0 Å². The Morgan fingerprint density at radius 2 is 2.33 bits per heavy atom. The van der Waals surface area contributed by atoms with Crippen LogP contribution in [0.2, 0.25) is 0 Å². The van der Waals surface area contributed by atoms with E-state index >= 15 is 0 Å². The van der Waals surface area contributed by atoms with Crippen LogP contribution in [0.25, 0.3) is 11.3 Å². The number of nitrogens with zero attached hydrogens (tertiary/aromatic N) is 2. The van der Waals surface area contributed by atoms with Crippen LogP contribution < -0.4 is 10.9 Å². The average Bonchev–Trinajstić information content (AvgIpc) is 2.70. The van der Waals surface area contributed by atoms with E-state index in [1.807, 2.05) is 12.3 Å². The predicted octanol–water partition coefficient (Wildman–Crippen LogP) is 1.24. The zero-order chi connectivity index (χ0) is 10.8. The number of aryl methyl sites for hydroxylation is 1. The van der Waals surface area contributed by atoms with Crippen LogP contribution in [0.1, 0.15) is 5.69 Å². The summed E-state index contributed by atoms with van der Waals surface area (Å²) in [6.45, 7) is 1.82. The lowest BCUT2D eigenvalue weighted by Crippen LogP contribution is -2.11. The molecule has 0 bridgehead atoms. The van der Waals surface area contributed by atoms with Gasteiger partial charge in [-0.2, -0.15) is 5.10 Å². The number of anilines is 1. The van der Waals surface area contributed by atoms with Gasteiger partial charge in [-0.15, -0.1) is 11.3 Å². The van der Waals surface area contributed by atoms with Gasteiger partial charge in [0, 0.05) is 12.4 Å². The average molecular weight is 222 g/mol. The second kappa shape index (κ2) is 3.82. The lowest BCUT2D eigenvalue weighted by molar-refractivity contribution is 0.947. The zero-order valence-corrected chi connectivity index (χ0v) is 9.18. The van der Waals surface area contributed by atoms with Gasteiger partial charge >= 0.3 is 0 Å². The highest BCUT2D eigenvalue weighted by Crippen LogP contribution is 2.21. The molecule has 0 amide bonds. The van der Waals surface area contributed by atoms with Crippen LogP contribution in [-0.4, -0.2) is 22.2 Å². The standard InChI is InChI=1S/C9H10N4OS/c1-5-3-6(8(14)13-12-5)7-4-15-9(10-2)11-7/h3-4H,1-2H3,(H,10,11)(H,13,14). The number of nitrogens with one attached hydrogen (secondary N) is 2. The summed E-state index contributed by atoms with van der Waals surface area (Å²) in [5.41, 5.74) is 1.79. The molecule has 2 N–H and O–H groups in total. The van der Waals surface area contributed by atoms with E-state index in [9.17, 15) is 4.79 Å². The Morgan fingerprint density at radius 1 is 1.53 bits per heavy atom. The minimum absolute atomic E-state index is 0.214. The van der Waals surface area contributed by atoms with Gasteiger partial charge < -0.3 is 5.32 Å². The quantitative estimate of drug-likeness (QED) is 0.802. The van der Waals surface area contributed by atoms with E-state index in [0.29, 0.717) is 11.3 Å². The highest BCUT2D eigenvalue weighted by molar-refractivity contribution is 7.14. The maximum Gasteiger partial charge on any atom is 0.273 e. The molecule has 0 unspecified atom stereocenters. The molecule has 0 saturated heterocycles. The molecule has 0 fully saturated rings. The Balaban J connectivity index is 2.53. The van der Waals surface area contributed by atoms with Gasteiger partial charge in [-0.1, -0.05) is 0 Å². The highest BCUT2D eigenvalue weighted by Gasteiger charge is 2.08. The van der Waals surface area contributed by atoms with Crippen molar-refractivity contribution >= 4 is 16.5 Å².